The van der Waals surface area contributed by atoms with Gasteiger partial charge >= 0.3 is 0 Å². The molecule has 0 aliphatic carbocycles. The molecule has 9 heteroatoms. The number of nitrogens with zero attached hydrogens (tertiary/aromatic N) is 2. The van der Waals surface area contributed by atoms with Gasteiger partial charge in [-0.05, 0) is 151 Å². The smallest absolute Gasteiger partial charge is 0.253 e. The second-order valence-corrected chi connectivity index (χ2v) is 29.8. The molecule has 0 unspecified atom stereocenters. The van der Waals surface area contributed by atoms with E-state index in [2.05, 4.69) is 325 Å². The molecule has 14 aromatic carbocycles. The molecule has 20 rings (SSSR count). The van der Waals surface area contributed by atoms with Crippen LogP contribution in [0.4, 0.5) is 34.1 Å². The molecule has 0 fully saturated rings. The molecule has 1 spiro atoms. The maximum atomic E-state index is 7.21. The lowest BCUT2D eigenvalue weighted by Crippen LogP contribution is -2.57. The number of rotatable bonds is 6. The van der Waals surface area contributed by atoms with E-state index in [0.29, 0.717) is 0 Å². The van der Waals surface area contributed by atoms with Crippen molar-refractivity contribution in [1.82, 2.24) is 0 Å². The van der Waals surface area contributed by atoms with Gasteiger partial charge in [-0.1, -0.05) is 253 Å². The molecule has 6 heterocycles. The third-order valence-electron chi connectivity index (χ3n) is 19.6. The highest BCUT2D eigenvalue weighted by Gasteiger charge is 2.51. The predicted octanol–water partition coefficient (Wildman–Crippen LogP) is 19.4. The van der Waals surface area contributed by atoms with E-state index in [1.165, 1.54) is 71.9 Å². The van der Waals surface area contributed by atoms with Gasteiger partial charge in [-0.3, -0.25) is 0 Å². The highest BCUT2D eigenvalue weighted by molar-refractivity contribution is 8.34. The molecular formula is C84H52B2N2O2S3. The van der Waals surface area contributed by atoms with Crippen LogP contribution in [-0.4, -0.2) is 13.4 Å². The van der Waals surface area contributed by atoms with E-state index >= 15 is 0 Å². The van der Waals surface area contributed by atoms with Gasteiger partial charge in [0.25, 0.3) is 13.4 Å². The highest BCUT2D eigenvalue weighted by Crippen LogP contribution is 2.85. The van der Waals surface area contributed by atoms with Crippen molar-refractivity contribution in [2.24, 2.45) is 0 Å². The summed E-state index contributed by atoms with van der Waals surface area (Å²) >= 11 is 3.71. The number of anilines is 6. The number of hydrogen-bond acceptors (Lipinski definition) is 6. The lowest BCUT2D eigenvalue weighted by atomic mass is 9.35. The molecule has 6 aliphatic rings. The molecule has 0 radical (unpaired) electrons. The normalized spacial score (nSPS) is 14.5. The van der Waals surface area contributed by atoms with Crippen molar-refractivity contribution >= 4 is 114 Å². The first kappa shape index (κ1) is 53.2. The summed E-state index contributed by atoms with van der Waals surface area (Å²) in [5.41, 5.74) is 23.3. The van der Waals surface area contributed by atoms with Crippen LogP contribution in [-0.2, 0) is 0 Å². The Labute approximate surface area is 551 Å². The summed E-state index contributed by atoms with van der Waals surface area (Å²) in [7, 11) is -2.62. The van der Waals surface area contributed by atoms with Gasteiger partial charge in [-0.25, -0.2) is 0 Å². The van der Waals surface area contributed by atoms with Crippen LogP contribution < -0.4 is 52.1 Å². The SMILES string of the molecule is c1ccc(-c2ccc3c(c2)S2(c4cc(-c5ccccc5)ccc4N3c3cc4c5c(c3)Sc3ccccc3B5c3ccccc3O4)c3cc(-c4ccccc4)ccc3N(c3cc4c5c(c3)Sc3ccccc3B5c3ccccc3O4)c3ccc(-c4ccccc4)cc32)cc1. The number of hydrogen-bond donors (Lipinski definition) is 0. The highest BCUT2D eigenvalue weighted by atomic mass is 32.3. The predicted molar refractivity (Wildman–Crippen MR) is 388 cm³/mol. The Morgan fingerprint density at radius 2 is 0.548 bits per heavy atom. The van der Waals surface area contributed by atoms with Crippen LogP contribution >= 0.6 is 33.6 Å². The first-order valence-electron chi connectivity index (χ1n) is 31.7. The molecule has 0 amide bonds. The van der Waals surface area contributed by atoms with Gasteiger partial charge in [0, 0.05) is 51.3 Å². The average Bonchev–Trinajstić information content (AvgIpc) is 0.673. The Morgan fingerprint density at radius 3 is 0.892 bits per heavy atom. The van der Waals surface area contributed by atoms with E-state index in [-0.39, 0.29) is 13.4 Å². The van der Waals surface area contributed by atoms with Crippen LogP contribution in [0.3, 0.4) is 0 Å². The molecule has 434 valence electrons. The van der Waals surface area contributed by atoms with Gasteiger partial charge in [-0.15, -0.1) is 10.0 Å². The summed E-state index contributed by atoms with van der Waals surface area (Å²) in [4.78, 5) is 15.1. The Balaban J connectivity index is 0.911. The van der Waals surface area contributed by atoms with Crippen molar-refractivity contribution in [2.45, 2.75) is 39.2 Å². The van der Waals surface area contributed by atoms with Crippen molar-refractivity contribution in [1.29, 1.82) is 0 Å². The standard InChI is InChI=1S/C84H52B2N2O2S3/c1-5-21-53(22-6-1)57-37-41-67-79(45-57)93(80-46-58(54-23-7-2-8-24-54)38-42-68(80)87(67)61-49-73-83-77(51-61)91-75-35-19-15-31-65(75)85(83)63-29-13-17-33-71(63)89-73)81-47-59(55-25-9-3-10-26-55)39-43-69(81)88(70-44-40-60(48-82(70)93)56-27-11-4-12-28-56)62-50-74-84-78(52-62)92-76-36-20-16-32-66(76)86(84)64-30-14-18-34-72(64)90-74/h1-52H. The van der Waals surface area contributed by atoms with Crippen LogP contribution in [0.1, 0.15) is 0 Å². The van der Waals surface area contributed by atoms with E-state index in [1.54, 1.807) is 0 Å². The Morgan fingerprint density at radius 1 is 0.247 bits per heavy atom. The molecular weight excluding hydrogens is 1190 g/mol. The second-order valence-electron chi connectivity index (χ2n) is 24.6. The summed E-state index contributed by atoms with van der Waals surface area (Å²) in [5, 5.41) is 0. The Kier molecular flexibility index (Phi) is 11.9. The maximum Gasteiger partial charge on any atom is 0.253 e. The fourth-order valence-corrected chi connectivity index (χ4v) is 22.5. The first-order chi connectivity index (χ1) is 46.1. The molecule has 0 bridgehead atoms. The van der Waals surface area contributed by atoms with E-state index in [1.807, 2.05) is 23.5 Å². The largest absolute Gasteiger partial charge is 0.458 e. The summed E-state index contributed by atoms with van der Waals surface area (Å²) < 4.78 is 14.4. The number of fused-ring (bicyclic) bond motifs is 16. The van der Waals surface area contributed by atoms with Crippen molar-refractivity contribution in [3.05, 3.63) is 315 Å². The zero-order chi connectivity index (χ0) is 60.9. The Hall–Kier alpha value is -10.5. The van der Waals surface area contributed by atoms with Gasteiger partial charge in [0.15, 0.2) is 0 Å². The van der Waals surface area contributed by atoms with Crippen LogP contribution in [0.5, 0.6) is 23.0 Å². The molecule has 6 aliphatic heterocycles. The quantitative estimate of drug-likeness (QED) is 0.154. The first-order valence-corrected chi connectivity index (χ1v) is 35.0. The fraction of sp³-hybridized carbons (Fsp3) is 0. The lowest BCUT2D eigenvalue weighted by molar-refractivity contribution is 0.486. The van der Waals surface area contributed by atoms with E-state index in [9.17, 15) is 0 Å². The molecule has 0 N–H and O–H groups in total. The molecule has 93 heavy (non-hydrogen) atoms. The summed E-state index contributed by atoms with van der Waals surface area (Å²) in [6.07, 6.45) is 0. The van der Waals surface area contributed by atoms with Gasteiger partial charge < -0.3 is 19.3 Å². The van der Waals surface area contributed by atoms with Crippen molar-refractivity contribution < 1.29 is 9.47 Å². The summed E-state index contributed by atoms with van der Waals surface area (Å²) in [5.74, 6) is 3.57. The van der Waals surface area contributed by atoms with Gasteiger partial charge in [-0.2, -0.15) is 0 Å². The summed E-state index contributed by atoms with van der Waals surface area (Å²) in [6, 6.07) is 118. The molecule has 0 aromatic heterocycles. The molecule has 0 saturated carbocycles. The van der Waals surface area contributed by atoms with E-state index in [4.69, 9.17) is 9.47 Å². The fourth-order valence-electron chi connectivity index (χ4n) is 15.6. The van der Waals surface area contributed by atoms with Gasteiger partial charge in [0.1, 0.15) is 23.0 Å². The van der Waals surface area contributed by atoms with E-state index in [0.717, 1.165) is 102 Å². The second kappa shape index (κ2) is 20.7. The molecule has 0 atom stereocenters. The molecule has 0 saturated heterocycles. The Bertz CT molecular complexity index is 4790. The minimum Gasteiger partial charge on any atom is -0.458 e. The topological polar surface area (TPSA) is 24.9 Å². The van der Waals surface area contributed by atoms with Gasteiger partial charge in [0.2, 0.25) is 0 Å². The van der Waals surface area contributed by atoms with Crippen molar-refractivity contribution in [3.8, 4) is 67.5 Å². The molecule has 14 aromatic rings. The third kappa shape index (κ3) is 8.01. The lowest BCUT2D eigenvalue weighted by Gasteiger charge is -2.55. The third-order valence-corrected chi connectivity index (χ3v) is 25.9. The van der Waals surface area contributed by atoms with Crippen LogP contribution in [0.25, 0.3) is 44.5 Å². The van der Waals surface area contributed by atoms with Crippen LogP contribution in [0.2, 0.25) is 0 Å². The number of para-hydroxylation sites is 2. The van der Waals surface area contributed by atoms with Crippen molar-refractivity contribution in [2.75, 3.05) is 9.80 Å². The zero-order valence-electron chi connectivity index (χ0n) is 50.1. The van der Waals surface area contributed by atoms with Gasteiger partial charge in [0.05, 0.1) is 34.1 Å². The average molecular weight is 1240 g/mol. The maximum absolute atomic E-state index is 7.21. The monoisotopic (exact) mass is 1240 g/mol. The van der Waals surface area contributed by atoms with Crippen LogP contribution in [0.15, 0.2) is 355 Å². The van der Waals surface area contributed by atoms with E-state index < -0.39 is 10.0 Å². The number of ether oxygens (including phenoxy) is 2. The zero-order valence-corrected chi connectivity index (χ0v) is 52.6. The summed E-state index contributed by atoms with van der Waals surface area (Å²) in [6.45, 7) is 0.0648. The minimum atomic E-state index is -2.62. The molecule has 4 nitrogen and oxygen atoms in total. The number of benzene rings is 14. The van der Waals surface area contributed by atoms with Crippen molar-refractivity contribution in [3.63, 3.8) is 0 Å². The van der Waals surface area contributed by atoms with Crippen LogP contribution in [0, 0.1) is 0 Å². The minimum absolute atomic E-state index is 0.0324.